The number of halogens is 1. The fraction of sp³-hybridized carbons (Fsp3) is 0.111. The largest absolute Gasteiger partial charge is 0.343 e. The van der Waals surface area contributed by atoms with Gasteiger partial charge in [0.05, 0.1) is 18.4 Å². The van der Waals surface area contributed by atoms with Crippen molar-refractivity contribution in [1.82, 2.24) is 20.0 Å². The minimum Gasteiger partial charge on any atom is -0.343 e. The molecule has 0 aliphatic heterocycles. The molecule has 0 atom stereocenters. The van der Waals surface area contributed by atoms with Crippen LogP contribution in [0.15, 0.2) is 60.9 Å². The molecule has 0 amide bonds. The number of hydrogen-bond acceptors (Lipinski definition) is 2. The van der Waals surface area contributed by atoms with Crippen LogP contribution in [0.4, 0.5) is 4.39 Å². The van der Waals surface area contributed by atoms with Gasteiger partial charge in [-0.15, -0.1) is 0 Å². The molecule has 0 radical (unpaired) electrons. The number of hydrogen-bond donors (Lipinski definition) is 1. The van der Waals surface area contributed by atoms with Crippen molar-refractivity contribution < 1.29 is 4.39 Å². The van der Waals surface area contributed by atoms with Gasteiger partial charge >= 0.3 is 0 Å². The van der Waals surface area contributed by atoms with Gasteiger partial charge in [0.2, 0.25) is 0 Å². The van der Waals surface area contributed by atoms with Crippen molar-refractivity contribution in [2.75, 3.05) is 0 Å². The molecule has 0 aliphatic rings. The topological polar surface area (TPSA) is 46.5 Å². The standard InChI is InChI=1S/C18H15FN4/c19-17-7-3-1-5-13(17)11-23-12-14(9-15-10-20-22-21-15)16-6-2-4-8-18(16)23/h1-8,10,12H,9,11H2,(H,20,21,22). The molecule has 0 bridgehead atoms. The maximum absolute atomic E-state index is 14.0. The molecule has 23 heavy (non-hydrogen) atoms. The van der Waals surface area contributed by atoms with Crippen LogP contribution in [-0.4, -0.2) is 20.0 Å². The zero-order valence-electron chi connectivity index (χ0n) is 12.4. The van der Waals surface area contributed by atoms with Crippen LogP contribution in [0.2, 0.25) is 0 Å². The van der Waals surface area contributed by atoms with Crippen LogP contribution in [0, 0.1) is 5.82 Å². The molecule has 114 valence electrons. The Labute approximate surface area is 132 Å². The molecule has 0 aliphatic carbocycles. The Morgan fingerprint density at radius 3 is 2.65 bits per heavy atom. The van der Waals surface area contributed by atoms with E-state index in [1.54, 1.807) is 12.3 Å². The van der Waals surface area contributed by atoms with Gasteiger partial charge in [-0.3, -0.25) is 0 Å². The predicted octanol–water partition coefficient (Wildman–Crippen LogP) is 3.54. The highest BCUT2D eigenvalue weighted by atomic mass is 19.1. The molecule has 4 aromatic rings. The second-order valence-electron chi connectivity index (χ2n) is 5.53. The number of nitrogens with zero attached hydrogens (tertiary/aromatic N) is 3. The van der Waals surface area contributed by atoms with Gasteiger partial charge < -0.3 is 4.57 Å². The van der Waals surface area contributed by atoms with Crippen LogP contribution in [0.5, 0.6) is 0 Å². The molecule has 2 aromatic carbocycles. The van der Waals surface area contributed by atoms with Gasteiger partial charge in [-0.1, -0.05) is 36.4 Å². The highest BCUT2D eigenvalue weighted by molar-refractivity contribution is 5.84. The average molecular weight is 306 g/mol. The zero-order valence-corrected chi connectivity index (χ0v) is 12.4. The second-order valence-corrected chi connectivity index (χ2v) is 5.53. The van der Waals surface area contributed by atoms with E-state index in [4.69, 9.17) is 0 Å². The molecule has 0 saturated heterocycles. The van der Waals surface area contributed by atoms with Crippen molar-refractivity contribution in [3.63, 3.8) is 0 Å². The van der Waals surface area contributed by atoms with Crippen molar-refractivity contribution in [3.05, 3.63) is 83.6 Å². The number of rotatable bonds is 4. The van der Waals surface area contributed by atoms with Gasteiger partial charge in [-0.05, 0) is 17.7 Å². The Kier molecular flexibility index (Phi) is 3.38. The zero-order chi connectivity index (χ0) is 15.6. The lowest BCUT2D eigenvalue weighted by atomic mass is 10.1. The first-order valence-electron chi connectivity index (χ1n) is 7.46. The lowest BCUT2D eigenvalue weighted by Gasteiger charge is -2.06. The van der Waals surface area contributed by atoms with Crippen molar-refractivity contribution in [2.45, 2.75) is 13.0 Å². The second kappa shape index (κ2) is 5.68. The normalized spacial score (nSPS) is 11.2. The summed E-state index contributed by atoms with van der Waals surface area (Å²) < 4.78 is 16.0. The summed E-state index contributed by atoms with van der Waals surface area (Å²) in [6.07, 6.45) is 4.50. The summed E-state index contributed by atoms with van der Waals surface area (Å²) in [5, 5.41) is 11.8. The number of fused-ring (bicyclic) bond motifs is 1. The summed E-state index contributed by atoms with van der Waals surface area (Å²) in [6, 6.07) is 15.1. The van der Waals surface area contributed by atoms with Crippen LogP contribution in [0.3, 0.4) is 0 Å². The highest BCUT2D eigenvalue weighted by Crippen LogP contribution is 2.24. The van der Waals surface area contributed by atoms with E-state index in [1.165, 1.54) is 6.07 Å². The van der Waals surface area contributed by atoms with E-state index in [1.807, 2.05) is 24.3 Å². The van der Waals surface area contributed by atoms with Gasteiger partial charge in [0.25, 0.3) is 0 Å². The predicted molar refractivity (Wildman–Crippen MR) is 86.6 cm³/mol. The van der Waals surface area contributed by atoms with Crippen molar-refractivity contribution >= 4 is 10.9 Å². The van der Waals surface area contributed by atoms with Gasteiger partial charge in [0.1, 0.15) is 5.82 Å². The van der Waals surface area contributed by atoms with Gasteiger partial charge in [0.15, 0.2) is 0 Å². The van der Waals surface area contributed by atoms with E-state index in [9.17, 15) is 4.39 Å². The fourth-order valence-corrected chi connectivity index (χ4v) is 2.91. The van der Waals surface area contributed by atoms with Gasteiger partial charge in [-0.2, -0.15) is 15.4 Å². The minimum absolute atomic E-state index is 0.177. The van der Waals surface area contributed by atoms with Crippen LogP contribution >= 0.6 is 0 Å². The third-order valence-electron chi connectivity index (χ3n) is 4.01. The van der Waals surface area contributed by atoms with Crippen LogP contribution in [0.1, 0.15) is 16.8 Å². The molecule has 4 rings (SSSR count). The average Bonchev–Trinajstić information content (AvgIpc) is 3.19. The molecule has 2 heterocycles. The molecule has 4 nitrogen and oxygen atoms in total. The Morgan fingerprint density at radius 1 is 1.00 bits per heavy atom. The molecule has 2 aromatic heterocycles. The first-order valence-corrected chi connectivity index (χ1v) is 7.46. The molecule has 1 N–H and O–H groups in total. The highest BCUT2D eigenvalue weighted by Gasteiger charge is 2.11. The van der Waals surface area contributed by atoms with Crippen LogP contribution in [-0.2, 0) is 13.0 Å². The van der Waals surface area contributed by atoms with Crippen LogP contribution < -0.4 is 0 Å². The smallest absolute Gasteiger partial charge is 0.128 e. The van der Waals surface area contributed by atoms with Crippen LogP contribution in [0.25, 0.3) is 10.9 Å². The molecular formula is C18H15FN4. The van der Waals surface area contributed by atoms with E-state index in [0.29, 0.717) is 18.5 Å². The number of nitrogens with one attached hydrogen (secondary N) is 1. The van der Waals surface area contributed by atoms with Crippen molar-refractivity contribution in [1.29, 1.82) is 0 Å². The van der Waals surface area contributed by atoms with Crippen molar-refractivity contribution in [2.24, 2.45) is 0 Å². The number of aromatic nitrogens is 4. The Bertz CT molecular complexity index is 941. The van der Waals surface area contributed by atoms with E-state index >= 15 is 0 Å². The monoisotopic (exact) mass is 306 g/mol. The van der Waals surface area contributed by atoms with E-state index in [0.717, 1.165) is 22.2 Å². The summed E-state index contributed by atoms with van der Waals surface area (Å²) in [5.74, 6) is -0.177. The molecule has 0 saturated carbocycles. The Morgan fingerprint density at radius 2 is 1.83 bits per heavy atom. The first kappa shape index (κ1) is 13.7. The number of H-pyrrole nitrogens is 1. The summed E-state index contributed by atoms with van der Waals surface area (Å²) in [5.41, 5.74) is 3.82. The quantitative estimate of drug-likeness (QED) is 0.627. The Balaban J connectivity index is 1.76. The summed E-state index contributed by atoms with van der Waals surface area (Å²) in [4.78, 5) is 0. The SMILES string of the molecule is Fc1ccccc1Cn1cc(Cc2cn[nH]n2)c2ccccc21. The molecular weight excluding hydrogens is 291 g/mol. The number of para-hydroxylation sites is 1. The van der Waals surface area contributed by atoms with Gasteiger partial charge in [-0.25, -0.2) is 4.39 Å². The fourth-order valence-electron chi connectivity index (χ4n) is 2.91. The van der Waals surface area contributed by atoms with Crippen molar-refractivity contribution in [3.8, 4) is 0 Å². The summed E-state index contributed by atoms with van der Waals surface area (Å²) >= 11 is 0. The lowest BCUT2D eigenvalue weighted by molar-refractivity contribution is 0.602. The maximum Gasteiger partial charge on any atom is 0.128 e. The summed E-state index contributed by atoms with van der Waals surface area (Å²) in [7, 11) is 0. The third-order valence-corrected chi connectivity index (χ3v) is 4.01. The molecule has 5 heteroatoms. The molecule has 0 spiro atoms. The van der Waals surface area contributed by atoms with E-state index in [-0.39, 0.29) is 5.82 Å². The number of aromatic amines is 1. The molecule has 0 fully saturated rings. The lowest BCUT2D eigenvalue weighted by Crippen LogP contribution is -2.00. The maximum atomic E-state index is 14.0. The number of benzene rings is 2. The van der Waals surface area contributed by atoms with Gasteiger partial charge in [0, 0.05) is 29.1 Å². The molecule has 0 unspecified atom stereocenters. The van der Waals surface area contributed by atoms with E-state index in [2.05, 4.69) is 38.3 Å². The summed E-state index contributed by atoms with van der Waals surface area (Å²) in [6.45, 7) is 0.506. The Hall–Kier alpha value is -2.95. The first-order chi connectivity index (χ1) is 11.3. The van der Waals surface area contributed by atoms with E-state index < -0.39 is 0 Å². The third kappa shape index (κ3) is 2.61. The minimum atomic E-state index is -0.177.